The van der Waals surface area contributed by atoms with Crippen LogP contribution in [0.15, 0.2) is 0 Å². The van der Waals surface area contributed by atoms with Crippen molar-refractivity contribution in [2.45, 2.75) is 103 Å². The first-order chi connectivity index (χ1) is 11.5. The van der Waals surface area contributed by atoms with Gasteiger partial charge in [-0.25, -0.2) is 0 Å². The van der Waals surface area contributed by atoms with E-state index in [-0.39, 0.29) is 0 Å². The molecule has 0 saturated heterocycles. The van der Waals surface area contributed by atoms with Crippen LogP contribution in [-0.2, 0) is 16.3 Å². The summed E-state index contributed by atoms with van der Waals surface area (Å²) in [4.78, 5) is 19.6. The average Bonchev–Trinajstić information content (AvgIpc) is 3.26. The molecule has 5 heteroatoms. The molecule has 1 rings (SSSR count). The molecule has 1 saturated carbocycles. The summed E-state index contributed by atoms with van der Waals surface area (Å²) in [6.45, 7) is -1.07. The van der Waals surface area contributed by atoms with Crippen molar-refractivity contribution in [3.63, 3.8) is 0 Å². The summed E-state index contributed by atoms with van der Waals surface area (Å²) in [5.74, 6) is 2.15. The van der Waals surface area contributed by atoms with Gasteiger partial charge >= 0.3 is 0 Å². The Balaban J connectivity index is 1.74. The van der Waals surface area contributed by atoms with Gasteiger partial charge in [0.2, 0.25) is 0 Å². The molecule has 0 aliphatic heterocycles. The van der Waals surface area contributed by atoms with Gasteiger partial charge in [0.05, 0.1) is 6.61 Å². The van der Waals surface area contributed by atoms with Crippen LogP contribution in [0.3, 0.4) is 0 Å². The number of unbranched alkanes of at least 4 members (excludes halogenated alkanes) is 10. The summed E-state index contributed by atoms with van der Waals surface area (Å²) in [5.41, 5.74) is 0. The molecule has 1 aliphatic carbocycles. The maximum absolute atomic E-state index is 10.7. The normalized spacial score (nSPS) is 22.5. The molecule has 0 aromatic rings. The lowest BCUT2D eigenvalue weighted by molar-refractivity contribution is -0.201. The molecule has 0 heterocycles. The number of hydrogen-bond acceptors (Lipinski definition) is 3. The molecule has 0 radical (unpaired) electrons. The molecule has 1 aliphatic rings. The van der Waals surface area contributed by atoms with E-state index in [2.05, 4.69) is 23.3 Å². The van der Waals surface area contributed by atoms with Crippen LogP contribution in [0.25, 0.3) is 0 Å². The second-order valence-electron chi connectivity index (χ2n) is 7.52. The molecular formula is C19H38O3PS-. The smallest absolute Gasteiger partial charge is 0.112 e. The molecule has 3 atom stereocenters. The largest absolute Gasteiger partial charge is 0.780 e. The molecule has 3 nitrogen and oxygen atoms in total. The van der Waals surface area contributed by atoms with Crippen molar-refractivity contribution in [1.82, 2.24) is 0 Å². The third-order valence-corrected chi connectivity index (χ3v) is 6.05. The first-order valence-corrected chi connectivity index (χ1v) is 12.8. The Hall–Kier alpha value is 0.530. The van der Waals surface area contributed by atoms with Gasteiger partial charge in [-0.15, -0.1) is 0 Å². The maximum Gasteiger partial charge on any atom is 0.112 e. The summed E-state index contributed by atoms with van der Waals surface area (Å²) >= 11 is 4.30. The Labute approximate surface area is 154 Å². The summed E-state index contributed by atoms with van der Waals surface area (Å²) in [6, 6.07) is 0. The predicted octanol–water partition coefficient (Wildman–Crippen LogP) is 5.70. The fraction of sp³-hybridized carbons (Fsp3) is 1.00. The number of hydrogen-bond donors (Lipinski definition) is 1. The van der Waals surface area contributed by atoms with Crippen LogP contribution in [0.2, 0.25) is 0 Å². The Morgan fingerprint density at radius 1 is 0.875 bits per heavy atom. The maximum atomic E-state index is 10.7. The van der Waals surface area contributed by atoms with Crippen molar-refractivity contribution in [2.75, 3.05) is 6.61 Å². The van der Waals surface area contributed by atoms with Crippen LogP contribution in [0.5, 0.6) is 0 Å². The lowest BCUT2D eigenvalue weighted by Gasteiger charge is -2.19. The van der Waals surface area contributed by atoms with E-state index in [9.17, 15) is 4.89 Å². The van der Waals surface area contributed by atoms with Gasteiger partial charge in [-0.3, -0.25) is 0 Å². The first kappa shape index (κ1) is 22.6. The van der Waals surface area contributed by atoms with Crippen molar-refractivity contribution in [3.05, 3.63) is 0 Å². The second-order valence-corrected chi connectivity index (χ2v) is 10.1. The molecule has 0 amide bonds. The second kappa shape index (κ2) is 13.7. The summed E-state index contributed by atoms with van der Waals surface area (Å²) in [5, 5.41) is 0. The van der Waals surface area contributed by atoms with Gasteiger partial charge in [-0.05, 0) is 24.7 Å². The van der Waals surface area contributed by atoms with Gasteiger partial charge in [-0.1, -0.05) is 102 Å². The minimum absolute atomic E-state index is 0.318. The topological polar surface area (TPSA) is 52.5 Å². The Bertz CT molecular complexity index is 346. The van der Waals surface area contributed by atoms with Crippen LogP contribution in [0.1, 0.15) is 103 Å². The van der Waals surface area contributed by atoms with E-state index in [0.29, 0.717) is 6.61 Å². The highest BCUT2D eigenvalue weighted by Gasteiger charge is 2.34. The van der Waals surface area contributed by atoms with E-state index in [1.165, 1.54) is 83.5 Å². The van der Waals surface area contributed by atoms with Crippen LogP contribution in [0, 0.1) is 11.8 Å². The minimum atomic E-state index is -3.67. The van der Waals surface area contributed by atoms with Crippen LogP contribution >= 0.6 is 6.72 Å². The fourth-order valence-electron chi connectivity index (χ4n) is 3.60. The molecule has 0 bridgehead atoms. The van der Waals surface area contributed by atoms with Crippen molar-refractivity contribution >= 4 is 18.5 Å². The van der Waals surface area contributed by atoms with E-state index in [1.807, 2.05) is 0 Å². The molecule has 144 valence electrons. The Morgan fingerprint density at radius 2 is 1.33 bits per heavy atom. The van der Waals surface area contributed by atoms with E-state index in [4.69, 9.17) is 4.89 Å². The molecule has 0 spiro atoms. The third kappa shape index (κ3) is 13.8. The zero-order valence-electron chi connectivity index (χ0n) is 15.6. The van der Waals surface area contributed by atoms with E-state index >= 15 is 0 Å². The zero-order valence-corrected chi connectivity index (χ0v) is 17.3. The highest BCUT2D eigenvalue weighted by atomic mass is 32.5. The minimum Gasteiger partial charge on any atom is -0.780 e. The molecule has 24 heavy (non-hydrogen) atoms. The van der Waals surface area contributed by atoms with E-state index in [0.717, 1.165) is 24.7 Å². The molecule has 3 unspecified atom stereocenters. The lowest BCUT2D eigenvalue weighted by Crippen LogP contribution is -2.03. The summed E-state index contributed by atoms with van der Waals surface area (Å²) in [6.07, 6.45) is 20.0. The number of rotatable bonds is 17. The van der Waals surface area contributed by atoms with Gasteiger partial charge in [0.1, 0.15) is 6.72 Å². The highest BCUT2D eigenvalue weighted by Crippen LogP contribution is 2.45. The zero-order chi connectivity index (χ0) is 17.7. The van der Waals surface area contributed by atoms with E-state index in [1.54, 1.807) is 0 Å². The molecule has 0 aromatic carbocycles. The van der Waals surface area contributed by atoms with Crippen molar-refractivity contribution in [2.24, 2.45) is 11.8 Å². The molecule has 0 aromatic heterocycles. The molecule has 1 fully saturated rings. The Morgan fingerprint density at radius 3 is 1.83 bits per heavy atom. The van der Waals surface area contributed by atoms with Gasteiger partial charge in [0.25, 0.3) is 0 Å². The van der Waals surface area contributed by atoms with Crippen LogP contribution < -0.4 is 4.89 Å². The lowest BCUT2D eigenvalue weighted by atomic mass is 10.0. The highest BCUT2D eigenvalue weighted by molar-refractivity contribution is 8.06. The molecule has 1 N–H and O–H groups in total. The van der Waals surface area contributed by atoms with Crippen LogP contribution in [-0.4, -0.2) is 11.5 Å². The van der Waals surface area contributed by atoms with Gasteiger partial charge < -0.3 is 14.3 Å². The van der Waals surface area contributed by atoms with Crippen LogP contribution in [0.4, 0.5) is 0 Å². The predicted molar refractivity (Wildman–Crippen MR) is 104 cm³/mol. The fourth-order valence-corrected chi connectivity index (χ4v) is 4.18. The van der Waals surface area contributed by atoms with Gasteiger partial charge in [-0.2, -0.15) is 0 Å². The summed E-state index contributed by atoms with van der Waals surface area (Å²) in [7, 11) is 0. The van der Waals surface area contributed by atoms with Crippen molar-refractivity contribution in [3.8, 4) is 0 Å². The Kier molecular flexibility index (Phi) is 12.9. The first-order valence-electron chi connectivity index (χ1n) is 10.2. The third-order valence-electron chi connectivity index (χ3n) is 5.22. The quantitative estimate of drug-likeness (QED) is 0.261. The van der Waals surface area contributed by atoms with Gasteiger partial charge in [0, 0.05) is 0 Å². The average molecular weight is 378 g/mol. The summed E-state index contributed by atoms with van der Waals surface area (Å²) < 4.78 is 4.69. The van der Waals surface area contributed by atoms with E-state index < -0.39 is 6.72 Å². The molecular weight excluding hydrogens is 339 g/mol. The van der Waals surface area contributed by atoms with Crippen molar-refractivity contribution in [1.29, 1.82) is 0 Å². The SMILES string of the molecule is CCCCCCC1CC1CCCCCCCCCCOP([O-])(O)=S. The van der Waals surface area contributed by atoms with Gasteiger partial charge in [0.15, 0.2) is 0 Å². The standard InChI is InChI=1S/C19H39O3PS/c1-2-3-4-11-14-18-17-19(18)15-12-9-7-5-6-8-10-13-16-22-23(20,21)24/h18-19H,2-17H2,1H3,(H2,20,21,24)/p-1. The van der Waals surface area contributed by atoms with Crippen molar-refractivity contribution < 1.29 is 14.3 Å². The monoisotopic (exact) mass is 377 g/mol.